The van der Waals surface area contributed by atoms with E-state index in [0.29, 0.717) is 23.1 Å². The highest BCUT2D eigenvalue weighted by molar-refractivity contribution is 6.06. The van der Waals surface area contributed by atoms with E-state index in [2.05, 4.69) is 10.3 Å². The molecule has 0 spiro atoms. The van der Waals surface area contributed by atoms with Gasteiger partial charge in [-0.25, -0.2) is 4.79 Å². The van der Waals surface area contributed by atoms with Gasteiger partial charge in [0.15, 0.2) is 5.58 Å². The van der Waals surface area contributed by atoms with E-state index >= 15 is 0 Å². The molecular weight excluding hydrogens is 362 g/mol. The molecule has 0 radical (unpaired) electrons. The van der Waals surface area contributed by atoms with Crippen molar-refractivity contribution < 1.29 is 18.8 Å². The molecule has 1 atom stereocenters. The van der Waals surface area contributed by atoms with Crippen molar-refractivity contribution in [3.63, 3.8) is 0 Å². The Morgan fingerprint density at radius 2 is 1.86 bits per heavy atom. The van der Waals surface area contributed by atoms with Crippen molar-refractivity contribution in [3.05, 3.63) is 58.1 Å². The summed E-state index contributed by atoms with van der Waals surface area (Å²) in [5, 5.41) is 2.31. The van der Waals surface area contributed by atoms with Gasteiger partial charge < -0.3 is 9.32 Å². The van der Waals surface area contributed by atoms with Gasteiger partial charge in [0.2, 0.25) is 11.8 Å². The van der Waals surface area contributed by atoms with Crippen LogP contribution in [-0.2, 0) is 16.1 Å². The number of imide groups is 1. The number of aromatic amines is 1. The highest BCUT2D eigenvalue weighted by atomic mass is 16.4. The molecule has 8 heteroatoms. The van der Waals surface area contributed by atoms with Gasteiger partial charge in [-0.15, -0.1) is 0 Å². The maximum Gasteiger partial charge on any atom is 0.417 e. The van der Waals surface area contributed by atoms with E-state index in [9.17, 15) is 19.2 Å². The average molecular weight is 377 g/mol. The van der Waals surface area contributed by atoms with Gasteiger partial charge >= 0.3 is 5.76 Å². The second kappa shape index (κ2) is 5.91. The third kappa shape index (κ3) is 2.45. The Morgan fingerprint density at radius 3 is 2.68 bits per heavy atom. The SMILES string of the molecule is O=C1CCC(N2Cc3c(cccc3-c3ccc4oc(=O)[nH]c4c3)C2=O)C(=O)N1. The lowest BCUT2D eigenvalue weighted by Gasteiger charge is -2.29. The minimum atomic E-state index is -0.654. The van der Waals surface area contributed by atoms with Crippen LogP contribution in [0.4, 0.5) is 0 Å². The van der Waals surface area contributed by atoms with Gasteiger partial charge in [-0.05, 0) is 41.3 Å². The first-order valence-electron chi connectivity index (χ1n) is 8.91. The average Bonchev–Trinajstić information content (AvgIpc) is 3.20. The number of hydrogen-bond donors (Lipinski definition) is 2. The largest absolute Gasteiger partial charge is 0.417 e. The molecule has 2 aromatic carbocycles. The maximum atomic E-state index is 12.9. The fourth-order valence-electron chi connectivity index (χ4n) is 3.98. The summed E-state index contributed by atoms with van der Waals surface area (Å²) in [6, 6.07) is 10.1. The number of carbonyl (C=O) groups is 3. The number of H-pyrrole nitrogens is 1. The molecule has 140 valence electrons. The molecule has 2 aliphatic heterocycles. The van der Waals surface area contributed by atoms with E-state index < -0.39 is 17.7 Å². The second-order valence-electron chi connectivity index (χ2n) is 6.96. The van der Waals surface area contributed by atoms with Gasteiger partial charge in [0.05, 0.1) is 5.52 Å². The molecular formula is C20H15N3O5. The molecule has 3 aromatic rings. The standard InChI is InChI=1S/C20H15N3O5/c24-17-7-5-15(18(25)22-17)23-9-13-11(2-1-3-12(13)19(23)26)10-4-6-16-14(8-10)21-20(27)28-16/h1-4,6,8,15H,5,7,9H2,(H,21,27)(H,22,24,25). The van der Waals surface area contributed by atoms with Gasteiger partial charge in [0, 0.05) is 18.5 Å². The number of aromatic nitrogens is 1. The number of fused-ring (bicyclic) bond motifs is 2. The van der Waals surface area contributed by atoms with Crippen molar-refractivity contribution in [3.8, 4) is 11.1 Å². The van der Waals surface area contributed by atoms with Gasteiger partial charge in [0.25, 0.3) is 5.91 Å². The van der Waals surface area contributed by atoms with Crippen LogP contribution in [0.2, 0.25) is 0 Å². The number of hydrogen-bond acceptors (Lipinski definition) is 5. The predicted molar refractivity (Wildman–Crippen MR) is 98.3 cm³/mol. The summed E-state index contributed by atoms with van der Waals surface area (Å²) in [6.45, 7) is 0.288. The number of piperidine rings is 1. The van der Waals surface area contributed by atoms with E-state index in [0.717, 1.165) is 16.7 Å². The molecule has 28 heavy (non-hydrogen) atoms. The number of amides is 3. The molecule has 1 fully saturated rings. The first-order valence-corrected chi connectivity index (χ1v) is 8.91. The minimum absolute atomic E-state index is 0.216. The van der Waals surface area contributed by atoms with Crippen LogP contribution >= 0.6 is 0 Å². The van der Waals surface area contributed by atoms with Crippen molar-refractivity contribution in [2.45, 2.75) is 25.4 Å². The van der Waals surface area contributed by atoms with Gasteiger partial charge in [-0.3, -0.25) is 24.7 Å². The Morgan fingerprint density at radius 1 is 1.04 bits per heavy atom. The summed E-state index contributed by atoms with van der Waals surface area (Å²) in [6.07, 6.45) is 0.538. The van der Waals surface area contributed by atoms with Crippen LogP contribution in [0.5, 0.6) is 0 Å². The quantitative estimate of drug-likeness (QED) is 0.658. The number of nitrogens with zero attached hydrogens (tertiary/aromatic N) is 1. The highest BCUT2D eigenvalue weighted by Crippen LogP contribution is 2.35. The first kappa shape index (κ1) is 16.5. The number of nitrogens with one attached hydrogen (secondary N) is 2. The molecule has 2 aliphatic rings. The molecule has 5 rings (SSSR count). The van der Waals surface area contributed by atoms with E-state index in [1.165, 1.54) is 4.90 Å². The summed E-state index contributed by atoms with van der Waals surface area (Å²) in [4.78, 5) is 52.1. The van der Waals surface area contributed by atoms with Crippen LogP contribution in [0.15, 0.2) is 45.6 Å². The molecule has 1 aromatic heterocycles. The van der Waals surface area contributed by atoms with Crippen molar-refractivity contribution in [2.24, 2.45) is 0 Å². The van der Waals surface area contributed by atoms with Crippen molar-refractivity contribution in [2.75, 3.05) is 0 Å². The summed E-state index contributed by atoms with van der Waals surface area (Å²) >= 11 is 0. The van der Waals surface area contributed by atoms with Crippen LogP contribution in [0.25, 0.3) is 22.2 Å². The van der Waals surface area contributed by atoms with E-state index in [1.807, 2.05) is 12.1 Å². The number of carbonyl (C=O) groups excluding carboxylic acids is 3. The molecule has 3 heterocycles. The summed E-state index contributed by atoms with van der Waals surface area (Å²) in [5.74, 6) is -1.49. The zero-order valence-corrected chi connectivity index (χ0v) is 14.7. The second-order valence-corrected chi connectivity index (χ2v) is 6.96. The third-order valence-electron chi connectivity index (χ3n) is 5.31. The van der Waals surface area contributed by atoms with Crippen LogP contribution in [0.3, 0.4) is 0 Å². The lowest BCUT2D eigenvalue weighted by molar-refractivity contribution is -0.136. The number of rotatable bonds is 2. The van der Waals surface area contributed by atoms with Crippen LogP contribution < -0.4 is 11.1 Å². The molecule has 0 saturated carbocycles. The first-order chi connectivity index (χ1) is 13.5. The Labute approximate surface area is 158 Å². The molecule has 0 aliphatic carbocycles. The molecule has 3 amide bonds. The van der Waals surface area contributed by atoms with Gasteiger partial charge in [-0.2, -0.15) is 0 Å². The Kier molecular flexibility index (Phi) is 3.48. The summed E-state index contributed by atoms with van der Waals surface area (Å²) in [7, 11) is 0. The van der Waals surface area contributed by atoms with E-state index in [4.69, 9.17) is 4.42 Å². The van der Waals surface area contributed by atoms with E-state index in [-0.39, 0.29) is 24.8 Å². The Hall–Kier alpha value is -3.68. The van der Waals surface area contributed by atoms with Crippen LogP contribution in [0, 0.1) is 0 Å². The fraction of sp³-hybridized carbons (Fsp3) is 0.200. The monoisotopic (exact) mass is 377 g/mol. The summed E-state index contributed by atoms with van der Waals surface area (Å²) in [5.41, 5.74) is 4.09. The van der Waals surface area contributed by atoms with Crippen LogP contribution in [0.1, 0.15) is 28.8 Å². The molecule has 0 bridgehead atoms. The van der Waals surface area contributed by atoms with Gasteiger partial charge in [0.1, 0.15) is 6.04 Å². The number of oxazole rings is 1. The van der Waals surface area contributed by atoms with Crippen molar-refractivity contribution >= 4 is 28.8 Å². The fourth-order valence-corrected chi connectivity index (χ4v) is 3.98. The van der Waals surface area contributed by atoms with Gasteiger partial charge in [-0.1, -0.05) is 18.2 Å². The Bertz CT molecular complexity index is 1220. The highest BCUT2D eigenvalue weighted by Gasteiger charge is 2.39. The van der Waals surface area contributed by atoms with E-state index in [1.54, 1.807) is 24.3 Å². The summed E-state index contributed by atoms with van der Waals surface area (Å²) < 4.78 is 5.04. The number of benzene rings is 2. The lowest BCUT2D eigenvalue weighted by atomic mass is 9.97. The van der Waals surface area contributed by atoms with Crippen LogP contribution in [-0.4, -0.2) is 33.6 Å². The predicted octanol–water partition coefficient (Wildman–Crippen LogP) is 1.55. The minimum Gasteiger partial charge on any atom is -0.408 e. The zero-order valence-electron chi connectivity index (χ0n) is 14.7. The Balaban J connectivity index is 1.55. The zero-order chi connectivity index (χ0) is 19.4. The smallest absolute Gasteiger partial charge is 0.408 e. The molecule has 1 saturated heterocycles. The third-order valence-corrected chi connectivity index (χ3v) is 5.31. The normalized spacial score (nSPS) is 19.2. The maximum absolute atomic E-state index is 12.9. The lowest BCUT2D eigenvalue weighted by Crippen LogP contribution is -2.52. The molecule has 8 nitrogen and oxygen atoms in total. The van der Waals surface area contributed by atoms with Crippen molar-refractivity contribution in [1.29, 1.82) is 0 Å². The molecule has 1 unspecified atom stereocenters. The molecule has 2 N–H and O–H groups in total. The van der Waals surface area contributed by atoms with Crippen molar-refractivity contribution in [1.82, 2.24) is 15.2 Å². The topological polar surface area (TPSA) is 112 Å².